The van der Waals surface area contributed by atoms with E-state index in [9.17, 15) is 8.42 Å². The highest BCUT2D eigenvalue weighted by atomic mass is 32.2. The summed E-state index contributed by atoms with van der Waals surface area (Å²) in [6.07, 6.45) is 2.95. The van der Waals surface area contributed by atoms with Crippen LogP contribution in [0.4, 0.5) is 5.69 Å². The van der Waals surface area contributed by atoms with E-state index in [1.807, 2.05) is 0 Å². The van der Waals surface area contributed by atoms with Crippen LogP contribution in [0, 0.1) is 6.92 Å². The molecule has 0 saturated carbocycles. The number of aromatic nitrogens is 2. The van der Waals surface area contributed by atoms with E-state index in [2.05, 4.69) is 20.0 Å². The maximum absolute atomic E-state index is 12.1. The molecule has 0 radical (unpaired) electrons. The van der Waals surface area contributed by atoms with Crippen molar-refractivity contribution in [3.05, 3.63) is 36.2 Å². The fourth-order valence-electron chi connectivity index (χ4n) is 1.50. The molecule has 2 N–H and O–H groups in total. The number of nitrogens with zero attached hydrogens (tertiary/aromatic N) is 2. The van der Waals surface area contributed by atoms with Crippen molar-refractivity contribution < 1.29 is 12.8 Å². The first-order chi connectivity index (χ1) is 9.03. The first kappa shape index (κ1) is 13.5. The van der Waals surface area contributed by atoms with Crippen LogP contribution in [0.1, 0.15) is 11.7 Å². The van der Waals surface area contributed by atoms with Crippen LogP contribution in [0.5, 0.6) is 0 Å². The lowest BCUT2D eigenvalue weighted by molar-refractivity contribution is 0.463. The number of hydrogen-bond donors (Lipinski definition) is 2. The van der Waals surface area contributed by atoms with Gasteiger partial charge in [-0.1, -0.05) is 0 Å². The zero-order valence-electron chi connectivity index (χ0n) is 10.5. The molecule has 0 aromatic carbocycles. The molecule has 0 saturated heterocycles. The summed E-state index contributed by atoms with van der Waals surface area (Å²) in [5.41, 5.74) is 0.429. The molecule has 19 heavy (non-hydrogen) atoms. The molecule has 0 bridgehead atoms. The predicted molar refractivity (Wildman–Crippen MR) is 69.0 cm³/mol. The minimum absolute atomic E-state index is 0.0180. The maximum Gasteiger partial charge on any atom is 0.260 e. The average Bonchev–Trinajstić information content (AvgIpc) is 2.82. The number of sulfonamides is 1. The zero-order chi connectivity index (χ0) is 13.9. The normalized spacial score (nSPS) is 11.5. The van der Waals surface area contributed by atoms with Crippen LogP contribution in [0.15, 0.2) is 34.0 Å². The summed E-state index contributed by atoms with van der Waals surface area (Å²) in [5.74, 6) is 0.936. The lowest BCUT2D eigenvalue weighted by Gasteiger charge is -2.08. The van der Waals surface area contributed by atoms with Gasteiger partial charge in [0.15, 0.2) is 5.03 Å². The van der Waals surface area contributed by atoms with Crippen LogP contribution in [0.3, 0.4) is 0 Å². The van der Waals surface area contributed by atoms with Gasteiger partial charge in [-0.05, 0) is 19.1 Å². The van der Waals surface area contributed by atoms with E-state index in [1.54, 1.807) is 26.1 Å². The summed E-state index contributed by atoms with van der Waals surface area (Å²) in [6, 6.07) is 3.29. The number of oxazole rings is 1. The first-order valence-corrected chi connectivity index (χ1v) is 7.05. The second-order valence-electron chi connectivity index (χ2n) is 3.80. The fraction of sp³-hybridized carbons (Fsp3) is 0.273. The fourth-order valence-corrected chi connectivity index (χ4v) is 2.61. The van der Waals surface area contributed by atoms with Gasteiger partial charge in [-0.15, -0.1) is 0 Å². The molecule has 2 aromatic heterocycles. The molecular weight excluding hydrogens is 268 g/mol. The van der Waals surface area contributed by atoms with Crippen LogP contribution < -0.4 is 10.0 Å². The van der Waals surface area contributed by atoms with E-state index in [0.29, 0.717) is 17.3 Å². The molecular formula is C11H14N4O3S. The highest BCUT2D eigenvalue weighted by molar-refractivity contribution is 7.89. The minimum atomic E-state index is -3.72. The number of aryl methyl sites for hydroxylation is 1. The van der Waals surface area contributed by atoms with Gasteiger partial charge in [-0.25, -0.2) is 23.1 Å². The molecule has 0 atom stereocenters. The summed E-state index contributed by atoms with van der Waals surface area (Å²) in [4.78, 5) is 7.80. The average molecular weight is 282 g/mol. The summed E-state index contributed by atoms with van der Waals surface area (Å²) in [6.45, 7) is 1.72. The van der Waals surface area contributed by atoms with E-state index in [4.69, 9.17) is 4.42 Å². The van der Waals surface area contributed by atoms with Crippen LogP contribution in [0.25, 0.3) is 0 Å². The summed E-state index contributed by atoms with van der Waals surface area (Å²) >= 11 is 0. The Balaban J connectivity index is 2.18. The molecule has 0 aliphatic heterocycles. The van der Waals surface area contributed by atoms with Gasteiger partial charge in [0.05, 0.1) is 18.4 Å². The third-order valence-electron chi connectivity index (χ3n) is 2.38. The van der Waals surface area contributed by atoms with Gasteiger partial charge in [-0.3, -0.25) is 0 Å². The van der Waals surface area contributed by atoms with Gasteiger partial charge in [0.25, 0.3) is 10.0 Å². The Hall–Kier alpha value is -1.93. The number of hydrogen-bond acceptors (Lipinski definition) is 6. The van der Waals surface area contributed by atoms with Crippen molar-refractivity contribution in [2.75, 3.05) is 12.4 Å². The van der Waals surface area contributed by atoms with Crippen molar-refractivity contribution in [2.45, 2.75) is 18.5 Å². The largest absolute Gasteiger partial charge is 0.445 e. The van der Waals surface area contributed by atoms with E-state index in [0.717, 1.165) is 0 Å². The molecule has 2 rings (SSSR count). The van der Waals surface area contributed by atoms with E-state index in [1.165, 1.54) is 12.4 Å². The summed E-state index contributed by atoms with van der Waals surface area (Å²) in [7, 11) is -2.08. The summed E-state index contributed by atoms with van der Waals surface area (Å²) in [5, 5.41) is 2.73. The monoisotopic (exact) mass is 282 g/mol. The van der Waals surface area contributed by atoms with Crippen molar-refractivity contribution >= 4 is 15.7 Å². The Bertz CT molecular complexity index is 666. The topological polar surface area (TPSA) is 97.1 Å². The Labute approximate surface area is 111 Å². The standard InChI is InChI=1S/C11H14N4O3S/c1-8-6-14-10(18-8)7-15-19(16,17)11-9(12-2)4-3-5-13-11/h3-6,12,15H,7H2,1-2H3. The molecule has 0 aliphatic carbocycles. The highest BCUT2D eigenvalue weighted by Gasteiger charge is 2.20. The highest BCUT2D eigenvalue weighted by Crippen LogP contribution is 2.17. The third kappa shape index (κ3) is 3.09. The number of rotatable bonds is 5. The van der Waals surface area contributed by atoms with Gasteiger partial charge < -0.3 is 9.73 Å². The lowest BCUT2D eigenvalue weighted by atomic mass is 10.4. The molecule has 0 fully saturated rings. The Kier molecular flexibility index (Phi) is 3.82. The SMILES string of the molecule is CNc1cccnc1S(=O)(=O)NCc1ncc(C)o1. The summed E-state index contributed by atoms with van der Waals surface area (Å²) < 4.78 is 31.8. The Morgan fingerprint density at radius 1 is 1.37 bits per heavy atom. The van der Waals surface area contributed by atoms with Crippen molar-refractivity contribution in [1.82, 2.24) is 14.7 Å². The number of pyridine rings is 1. The molecule has 2 heterocycles. The minimum Gasteiger partial charge on any atom is -0.445 e. The Morgan fingerprint density at radius 3 is 2.79 bits per heavy atom. The molecule has 2 aromatic rings. The quantitative estimate of drug-likeness (QED) is 0.845. The molecule has 0 unspecified atom stereocenters. The molecule has 0 spiro atoms. The van der Waals surface area contributed by atoms with Crippen molar-refractivity contribution in [3.8, 4) is 0 Å². The third-order valence-corrected chi connectivity index (χ3v) is 3.74. The van der Waals surface area contributed by atoms with Gasteiger partial charge in [0.2, 0.25) is 5.89 Å². The van der Waals surface area contributed by atoms with Crippen molar-refractivity contribution in [3.63, 3.8) is 0 Å². The molecule has 7 nitrogen and oxygen atoms in total. The second-order valence-corrected chi connectivity index (χ2v) is 5.48. The van der Waals surface area contributed by atoms with Crippen LogP contribution in [0.2, 0.25) is 0 Å². The first-order valence-electron chi connectivity index (χ1n) is 5.56. The zero-order valence-corrected chi connectivity index (χ0v) is 11.4. The van der Waals surface area contributed by atoms with Gasteiger partial charge in [0, 0.05) is 13.2 Å². The van der Waals surface area contributed by atoms with Gasteiger partial charge in [-0.2, -0.15) is 0 Å². The van der Waals surface area contributed by atoms with E-state index < -0.39 is 10.0 Å². The second kappa shape index (κ2) is 5.37. The predicted octanol–water partition coefficient (Wildman–Crippen LogP) is 0.898. The molecule has 0 amide bonds. The Morgan fingerprint density at radius 2 is 2.16 bits per heavy atom. The van der Waals surface area contributed by atoms with Gasteiger partial charge in [0.1, 0.15) is 5.76 Å². The molecule has 0 aliphatic rings. The van der Waals surface area contributed by atoms with Crippen LogP contribution >= 0.6 is 0 Å². The number of anilines is 1. The molecule has 8 heteroatoms. The molecule has 102 valence electrons. The van der Waals surface area contributed by atoms with Crippen molar-refractivity contribution in [1.29, 1.82) is 0 Å². The van der Waals surface area contributed by atoms with Crippen molar-refractivity contribution in [2.24, 2.45) is 0 Å². The maximum atomic E-state index is 12.1. The van der Waals surface area contributed by atoms with E-state index >= 15 is 0 Å². The lowest BCUT2D eigenvalue weighted by Crippen LogP contribution is -2.25. The van der Waals surface area contributed by atoms with Gasteiger partial charge >= 0.3 is 0 Å². The van der Waals surface area contributed by atoms with E-state index in [-0.39, 0.29) is 11.6 Å². The van der Waals surface area contributed by atoms with Crippen LogP contribution in [-0.2, 0) is 16.6 Å². The number of nitrogens with one attached hydrogen (secondary N) is 2. The smallest absolute Gasteiger partial charge is 0.260 e. The van der Waals surface area contributed by atoms with Crippen LogP contribution in [-0.4, -0.2) is 25.4 Å².